The number of benzene rings is 1. The summed E-state index contributed by atoms with van der Waals surface area (Å²) in [5.74, 6) is -0.249. The molecule has 1 aliphatic carbocycles. The molecule has 1 aromatic carbocycles. The zero-order valence-electron chi connectivity index (χ0n) is 15.8. The number of carbonyl (C=O) groups excluding carboxylic acids is 1. The Labute approximate surface area is 137 Å². The second-order valence-electron chi connectivity index (χ2n) is 5.09. The molecule has 1 aliphatic rings. The summed E-state index contributed by atoms with van der Waals surface area (Å²) in [6.45, 7) is 8.29. The van der Waals surface area contributed by atoms with E-state index in [1.165, 1.54) is 0 Å². The van der Waals surface area contributed by atoms with Gasteiger partial charge in [0.05, 0.1) is 0 Å². The van der Waals surface area contributed by atoms with Gasteiger partial charge in [-0.15, -0.1) is 13.2 Å². The molecule has 2 rings (SSSR count). The smallest absolute Gasteiger partial charge is 0.252 e. The fourth-order valence-corrected chi connectivity index (χ4v) is 2.39. The number of allylic oxidation sites excluding steroid dienone is 1. The predicted molar refractivity (Wildman–Crippen MR) is 91.1 cm³/mol. The van der Waals surface area contributed by atoms with Crippen LogP contribution in [0.15, 0.2) is 66.9 Å². The summed E-state index contributed by atoms with van der Waals surface area (Å²) in [5.41, 5.74) is 1.44. The van der Waals surface area contributed by atoms with Crippen molar-refractivity contribution in [3.8, 4) is 0 Å². The zero-order valence-corrected chi connectivity index (χ0v) is 12.8. The van der Waals surface area contributed by atoms with Gasteiger partial charge in [0.1, 0.15) is 0 Å². The summed E-state index contributed by atoms with van der Waals surface area (Å²) < 4.78 is 24.8. The van der Waals surface area contributed by atoms with Crippen LogP contribution in [0.4, 0.5) is 0 Å². The van der Waals surface area contributed by atoms with Gasteiger partial charge in [0, 0.05) is 33.6 Å². The molecular weight excluding hydrogens is 272 g/mol. The standard InChI is InChI=1S/C19H24N2O/c1-3-13-21(14-4-2)19(22)17-11-8-12-18(17)20-15-16-9-6-5-7-10-16/h3-7,9-10,20H,1-2,8,11-15H2/i12D2/hD. The van der Waals surface area contributed by atoms with Crippen molar-refractivity contribution < 1.29 is 8.95 Å². The lowest BCUT2D eigenvalue weighted by Crippen LogP contribution is -2.33. The zero-order chi connectivity index (χ0) is 18.4. The number of nitrogens with zero attached hydrogens (tertiary/aromatic N) is 1. The molecule has 0 saturated heterocycles. The first kappa shape index (κ1) is 12.3. The van der Waals surface area contributed by atoms with Gasteiger partial charge in [0.2, 0.25) is 0 Å². The molecule has 0 heterocycles. The molecule has 116 valence electrons. The molecule has 0 saturated carbocycles. The Kier molecular flexibility index (Phi) is 4.59. The highest BCUT2D eigenvalue weighted by atomic mass is 16.2. The highest BCUT2D eigenvalue weighted by Crippen LogP contribution is 2.26. The van der Waals surface area contributed by atoms with Crippen LogP contribution in [-0.2, 0) is 11.3 Å². The summed E-state index contributed by atoms with van der Waals surface area (Å²) in [7, 11) is 0. The molecule has 0 aromatic heterocycles. The Hall–Kier alpha value is -2.29. The Morgan fingerprint density at radius 1 is 1.32 bits per heavy atom. The van der Waals surface area contributed by atoms with E-state index in [1.54, 1.807) is 17.1 Å². The van der Waals surface area contributed by atoms with Gasteiger partial charge in [-0.05, 0) is 24.8 Å². The van der Waals surface area contributed by atoms with Gasteiger partial charge >= 0.3 is 0 Å². The van der Waals surface area contributed by atoms with Gasteiger partial charge in [-0.3, -0.25) is 4.79 Å². The van der Waals surface area contributed by atoms with Crippen LogP contribution in [-0.4, -0.2) is 23.9 Å². The molecule has 0 atom stereocenters. The summed E-state index contributed by atoms with van der Waals surface area (Å²) in [6, 6.07) is 9.42. The number of hydrogen-bond acceptors (Lipinski definition) is 2. The molecule has 3 heteroatoms. The first-order chi connectivity index (χ1) is 11.9. The van der Waals surface area contributed by atoms with Gasteiger partial charge in [-0.1, -0.05) is 42.5 Å². The van der Waals surface area contributed by atoms with Gasteiger partial charge in [-0.2, -0.15) is 0 Å². The molecule has 22 heavy (non-hydrogen) atoms. The van der Waals surface area contributed by atoms with E-state index in [1.807, 2.05) is 30.3 Å². The third kappa shape index (κ3) is 4.10. The largest absolute Gasteiger partial charge is 0.384 e. The third-order valence-electron chi connectivity index (χ3n) is 3.46. The molecule has 0 spiro atoms. The lowest BCUT2D eigenvalue weighted by atomic mass is 10.1. The van der Waals surface area contributed by atoms with Crippen LogP contribution in [0.25, 0.3) is 0 Å². The van der Waals surface area contributed by atoms with Crippen LogP contribution in [0, 0.1) is 0 Å². The van der Waals surface area contributed by atoms with Crippen LogP contribution in [0.1, 0.15) is 27.5 Å². The quantitative estimate of drug-likeness (QED) is 0.746. The van der Waals surface area contributed by atoms with Gasteiger partial charge in [0.25, 0.3) is 5.91 Å². The number of carbonyl (C=O) groups is 1. The highest BCUT2D eigenvalue weighted by Gasteiger charge is 2.24. The number of nitrogens with one attached hydrogen (secondary N) is 1. The van der Waals surface area contributed by atoms with Crippen LogP contribution in [0.3, 0.4) is 0 Å². The number of rotatable bonds is 8. The minimum absolute atomic E-state index is 0.166. The van der Waals surface area contributed by atoms with E-state index in [4.69, 9.17) is 4.15 Å². The van der Waals surface area contributed by atoms with Crippen molar-refractivity contribution in [1.29, 1.82) is 0 Å². The van der Waals surface area contributed by atoms with E-state index in [-0.39, 0.29) is 24.6 Å². The van der Waals surface area contributed by atoms with Crippen molar-refractivity contribution in [3.63, 3.8) is 0 Å². The molecular formula is C19H24N2O. The first-order valence-corrected chi connectivity index (χ1v) is 7.45. The van der Waals surface area contributed by atoms with Crippen molar-refractivity contribution >= 4 is 5.91 Å². The topological polar surface area (TPSA) is 32.3 Å². The minimum atomic E-state index is -1.68. The second kappa shape index (κ2) is 8.23. The molecule has 0 unspecified atom stereocenters. The summed E-state index contributed by atoms with van der Waals surface area (Å²) in [4.78, 5) is 14.4. The third-order valence-corrected chi connectivity index (χ3v) is 3.46. The Morgan fingerprint density at radius 3 is 2.64 bits per heavy atom. The fourth-order valence-electron chi connectivity index (χ4n) is 2.39. The van der Waals surface area contributed by atoms with Gasteiger partial charge in [0.15, 0.2) is 1.41 Å². The highest BCUT2D eigenvalue weighted by molar-refractivity contribution is 5.94. The number of amides is 1. The first-order valence-electron chi connectivity index (χ1n) is 8.90. The van der Waals surface area contributed by atoms with E-state index in [2.05, 4.69) is 13.2 Å². The van der Waals surface area contributed by atoms with Gasteiger partial charge < -0.3 is 10.2 Å². The molecule has 1 aromatic rings. The molecule has 0 fully saturated rings. The SMILES string of the molecule is [2H]N(Cc1ccccc1)C1=C(C(=O)N(CC=C)CC=C)CCC1([2H])[2H]. The second-order valence-corrected chi connectivity index (χ2v) is 5.09. The van der Waals surface area contributed by atoms with Crippen LogP contribution in [0.2, 0.25) is 1.41 Å². The normalized spacial score (nSPS) is 18.1. The van der Waals surface area contributed by atoms with Crippen molar-refractivity contribution in [2.45, 2.75) is 25.8 Å². The molecule has 0 bridgehead atoms. The van der Waals surface area contributed by atoms with Gasteiger partial charge in [-0.25, -0.2) is 0 Å². The van der Waals surface area contributed by atoms with E-state index >= 15 is 0 Å². The Morgan fingerprint density at radius 2 is 2.00 bits per heavy atom. The molecule has 3 nitrogen and oxygen atoms in total. The molecule has 0 aliphatic heterocycles. The van der Waals surface area contributed by atoms with E-state index < -0.39 is 6.37 Å². The van der Waals surface area contributed by atoms with Crippen molar-refractivity contribution in [1.82, 2.24) is 10.2 Å². The molecule has 1 amide bonds. The molecule has 0 radical (unpaired) electrons. The minimum Gasteiger partial charge on any atom is -0.384 e. The monoisotopic (exact) mass is 299 g/mol. The van der Waals surface area contributed by atoms with E-state index in [0.717, 1.165) is 10.9 Å². The average molecular weight is 299 g/mol. The lowest BCUT2D eigenvalue weighted by Gasteiger charge is -2.21. The maximum absolute atomic E-state index is 12.9. The maximum Gasteiger partial charge on any atom is 0.252 e. The number of hydrogen-bond donors (Lipinski definition) is 1. The van der Waals surface area contributed by atoms with Crippen LogP contribution in [0.5, 0.6) is 0 Å². The lowest BCUT2D eigenvalue weighted by molar-refractivity contribution is -0.126. The summed E-state index contributed by atoms with van der Waals surface area (Å²) >= 11 is 0. The van der Waals surface area contributed by atoms with Crippen molar-refractivity contribution in [3.05, 3.63) is 72.5 Å². The summed E-state index contributed by atoms with van der Waals surface area (Å²) in [5, 5.41) is 1.12. The fraction of sp³-hybridized carbons (Fsp3) is 0.316. The van der Waals surface area contributed by atoms with Crippen molar-refractivity contribution in [2.75, 3.05) is 13.1 Å². The van der Waals surface area contributed by atoms with E-state index in [9.17, 15) is 4.79 Å². The van der Waals surface area contributed by atoms with Crippen LogP contribution >= 0.6 is 0 Å². The molecule has 1 N–H and O–H groups in total. The summed E-state index contributed by atoms with van der Waals surface area (Å²) in [6.07, 6.45) is 2.12. The van der Waals surface area contributed by atoms with E-state index in [0.29, 0.717) is 25.1 Å². The Bertz CT molecular complexity index is 661. The Balaban J connectivity index is 2.33. The van der Waals surface area contributed by atoms with Crippen LogP contribution < -0.4 is 5.31 Å². The van der Waals surface area contributed by atoms with Crippen molar-refractivity contribution in [2.24, 2.45) is 0 Å². The predicted octanol–water partition coefficient (Wildman–Crippen LogP) is 3.41. The maximum atomic E-state index is 12.9. The average Bonchev–Trinajstić information content (AvgIpc) is 2.90.